The Hall–Kier alpha value is -3.71. The lowest BCUT2D eigenvalue weighted by atomic mass is 10.1. The standard InChI is InChI=1S/C26H25N3O3S/c1-17-6-3-7-19(14-17)25(31)28-22(16-21-8-5-13-33-21)26(32)27-20-11-10-18(2)23(15-20)29-12-4-9-24(29)30/h3,5-8,10-11,13-16H,4,9,12H2,1-2H3,(H,27,32)(H,28,31)/b22-16-. The van der Waals surface area contributed by atoms with Crippen molar-refractivity contribution in [1.29, 1.82) is 0 Å². The molecule has 2 N–H and O–H groups in total. The molecule has 168 valence electrons. The van der Waals surface area contributed by atoms with E-state index in [0.29, 0.717) is 24.2 Å². The van der Waals surface area contributed by atoms with Crippen molar-refractivity contribution < 1.29 is 14.4 Å². The Bertz CT molecular complexity index is 1230. The van der Waals surface area contributed by atoms with Gasteiger partial charge < -0.3 is 15.5 Å². The highest BCUT2D eigenvalue weighted by molar-refractivity contribution is 7.10. The molecule has 0 spiro atoms. The predicted molar refractivity (Wildman–Crippen MR) is 132 cm³/mol. The molecule has 1 saturated heterocycles. The van der Waals surface area contributed by atoms with Crippen LogP contribution in [0.3, 0.4) is 0 Å². The minimum absolute atomic E-state index is 0.0882. The SMILES string of the molecule is Cc1cccc(C(=O)N/C(=C\c2cccs2)C(=O)Nc2ccc(C)c(N3CCCC3=O)c2)c1. The molecule has 2 aromatic carbocycles. The van der Waals surface area contributed by atoms with Crippen LogP contribution in [0.15, 0.2) is 65.7 Å². The van der Waals surface area contributed by atoms with Crippen LogP contribution in [-0.4, -0.2) is 24.3 Å². The van der Waals surface area contributed by atoms with Gasteiger partial charge in [0.1, 0.15) is 5.70 Å². The minimum Gasteiger partial charge on any atom is -0.321 e. The van der Waals surface area contributed by atoms with E-state index in [9.17, 15) is 14.4 Å². The van der Waals surface area contributed by atoms with Gasteiger partial charge in [0.15, 0.2) is 0 Å². The van der Waals surface area contributed by atoms with E-state index in [1.807, 2.05) is 49.6 Å². The van der Waals surface area contributed by atoms with E-state index in [4.69, 9.17) is 0 Å². The van der Waals surface area contributed by atoms with E-state index in [1.54, 1.807) is 35.2 Å². The number of aryl methyl sites for hydroxylation is 2. The van der Waals surface area contributed by atoms with Gasteiger partial charge in [0.2, 0.25) is 5.91 Å². The second kappa shape index (κ2) is 9.83. The van der Waals surface area contributed by atoms with Gasteiger partial charge in [-0.05, 0) is 67.6 Å². The highest BCUT2D eigenvalue weighted by atomic mass is 32.1. The van der Waals surface area contributed by atoms with Gasteiger partial charge in [0, 0.05) is 34.8 Å². The van der Waals surface area contributed by atoms with Crippen LogP contribution < -0.4 is 15.5 Å². The number of thiophene rings is 1. The minimum atomic E-state index is -0.438. The zero-order chi connectivity index (χ0) is 23.4. The van der Waals surface area contributed by atoms with E-state index < -0.39 is 5.91 Å². The van der Waals surface area contributed by atoms with Crippen molar-refractivity contribution in [2.45, 2.75) is 26.7 Å². The van der Waals surface area contributed by atoms with Gasteiger partial charge >= 0.3 is 0 Å². The summed E-state index contributed by atoms with van der Waals surface area (Å²) < 4.78 is 0. The van der Waals surface area contributed by atoms with Gasteiger partial charge in [0.05, 0.1) is 0 Å². The largest absolute Gasteiger partial charge is 0.321 e. The van der Waals surface area contributed by atoms with E-state index in [2.05, 4.69) is 10.6 Å². The molecule has 1 aliphatic rings. The summed E-state index contributed by atoms with van der Waals surface area (Å²) in [5, 5.41) is 7.54. The maximum Gasteiger partial charge on any atom is 0.272 e. The molecule has 33 heavy (non-hydrogen) atoms. The van der Waals surface area contributed by atoms with Crippen LogP contribution in [0.5, 0.6) is 0 Å². The lowest BCUT2D eigenvalue weighted by Gasteiger charge is -2.20. The van der Waals surface area contributed by atoms with Gasteiger partial charge in [0.25, 0.3) is 11.8 Å². The van der Waals surface area contributed by atoms with Crippen LogP contribution in [-0.2, 0) is 9.59 Å². The molecule has 1 fully saturated rings. The zero-order valence-corrected chi connectivity index (χ0v) is 19.4. The van der Waals surface area contributed by atoms with Crippen LogP contribution >= 0.6 is 11.3 Å². The number of carbonyl (C=O) groups is 3. The molecule has 1 aromatic heterocycles. The number of nitrogens with one attached hydrogen (secondary N) is 2. The van der Waals surface area contributed by atoms with E-state index in [0.717, 1.165) is 28.1 Å². The Morgan fingerprint density at radius 3 is 2.61 bits per heavy atom. The van der Waals surface area contributed by atoms with Crippen molar-refractivity contribution in [1.82, 2.24) is 5.32 Å². The molecule has 7 heteroatoms. The summed E-state index contributed by atoms with van der Waals surface area (Å²) >= 11 is 1.47. The second-order valence-corrected chi connectivity index (χ2v) is 8.98. The summed E-state index contributed by atoms with van der Waals surface area (Å²) in [6, 6.07) is 16.4. The number of hydrogen-bond donors (Lipinski definition) is 2. The highest BCUT2D eigenvalue weighted by Gasteiger charge is 2.23. The molecule has 0 radical (unpaired) electrons. The zero-order valence-electron chi connectivity index (χ0n) is 18.6. The van der Waals surface area contributed by atoms with Crippen LogP contribution in [0.2, 0.25) is 0 Å². The van der Waals surface area contributed by atoms with Crippen molar-refractivity contribution in [3.63, 3.8) is 0 Å². The van der Waals surface area contributed by atoms with Gasteiger partial charge in [-0.3, -0.25) is 14.4 Å². The first-order valence-corrected chi connectivity index (χ1v) is 11.6. The summed E-state index contributed by atoms with van der Waals surface area (Å²) in [4.78, 5) is 40.8. The lowest BCUT2D eigenvalue weighted by molar-refractivity contribution is -0.117. The summed E-state index contributed by atoms with van der Waals surface area (Å²) in [6.07, 6.45) is 3.02. The van der Waals surface area contributed by atoms with Gasteiger partial charge in [-0.2, -0.15) is 0 Å². The van der Waals surface area contributed by atoms with E-state index in [1.165, 1.54) is 11.3 Å². The first kappa shape index (κ1) is 22.5. The van der Waals surface area contributed by atoms with Crippen LogP contribution in [0.25, 0.3) is 6.08 Å². The predicted octanol–water partition coefficient (Wildman–Crippen LogP) is 4.90. The van der Waals surface area contributed by atoms with Crippen molar-refractivity contribution in [2.24, 2.45) is 0 Å². The summed E-state index contributed by atoms with van der Waals surface area (Å²) in [5.74, 6) is -0.707. The van der Waals surface area contributed by atoms with Crippen LogP contribution in [0.1, 0.15) is 39.2 Å². The molecule has 1 aliphatic heterocycles. The first-order chi connectivity index (χ1) is 15.9. The summed E-state index contributed by atoms with van der Waals surface area (Å²) in [6.45, 7) is 4.52. The van der Waals surface area contributed by atoms with Crippen molar-refractivity contribution in [3.05, 3.63) is 87.2 Å². The average Bonchev–Trinajstić information content (AvgIpc) is 3.46. The van der Waals surface area contributed by atoms with Crippen LogP contribution in [0, 0.1) is 13.8 Å². The molecule has 3 aromatic rings. The summed E-state index contributed by atoms with van der Waals surface area (Å²) in [5.41, 5.74) is 3.89. The number of hydrogen-bond acceptors (Lipinski definition) is 4. The lowest BCUT2D eigenvalue weighted by Crippen LogP contribution is -2.31. The highest BCUT2D eigenvalue weighted by Crippen LogP contribution is 2.28. The van der Waals surface area contributed by atoms with Crippen molar-refractivity contribution in [2.75, 3.05) is 16.8 Å². The topological polar surface area (TPSA) is 78.5 Å². The Labute approximate surface area is 196 Å². The molecule has 4 rings (SSSR count). The van der Waals surface area contributed by atoms with Crippen molar-refractivity contribution in [3.8, 4) is 0 Å². The maximum atomic E-state index is 13.2. The smallest absolute Gasteiger partial charge is 0.272 e. The molecule has 0 saturated carbocycles. The molecule has 0 aliphatic carbocycles. The Morgan fingerprint density at radius 1 is 1.06 bits per heavy atom. The summed E-state index contributed by atoms with van der Waals surface area (Å²) in [7, 11) is 0. The quantitative estimate of drug-likeness (QED) is 0.515. The number of amides is 3. The molecular weight excluding hydrogens is 434 g/mol. The monoisotopic (exact) mass is 459 g/mol. The molecular formula is C26H25N3O3S. The molecule has 0 atom stereocenters. The number of rotatable bonds is 6. The maximum absolute atomic E-state index is 13.2. The fraction of sp³-hybridized carbons (Fsp3) is 0.192. The molecule has 6 nitrogen and oxygen atoms in total. The third-order valence-electron chi connectivity index (χ3n) is 5.43. The molecule has 0 bridgehead atoms. The fourth-order valence-electron chi connectivity index (χ4n) is 3.73. The first-order valence-electron chi connectivity index (χ1n) is 10.8. The Morgan fingerprint density at radius 2 is 1.91 bits per heavy atom. The molecule has 3 amide bonds. The van der Waals surface area contributed by atoms with Crippen LogP contribution in [0.4, 0.5) is 11.4 Å². The van der Waals surface area contributed by atoms with E-state index in [-0.39, 0.29) is 17.5 Å². The third-order valence-corrected chi connectivity index (χ3v) is 6.25. The normalized spacial score (nSPS) is 13.8. The fourth-order valence-corrected chi connectivity index (χ4v) is 4.39. The third kappa shape index (κ3) is 5.38. The number of carbonyl (C=O) groups excluding carboxylic acids is 3. The average molecular weight is 460 g/mol. The van der Waals surface area contributed by atoms with Gasteiger partial charge in [-0.1, -0.05) is 29.8 Å². The second-order valence-electron chi connectivity index (χ2n) is 8.00. The van der Waals surface area contributed by atoms with Gasteiger partial charge in [-0.15, -0.1) is 11.3 Å². The number of benzene rings is 2. The molecule has 0 unspecified atom stereocenters. The Kier molecular flexibility index (Phi) is 6.70. The van der Waals surface area contributed by atoms with Crippen molar-refractivity contribution >= 4 is 46.5 Å². The number of nitrogens with zero attached hydrogens (tertiary/aromatic N) is 1. The molecule has 2 heterocycles. The van der Waals surface area contributed by atoms with E-state index >= 15 is 0 Å². The Balaban J connectivity index is 1.58. The van der Waals surface area contributed by atoms with Gasteiger partial charge in [-0.25, -0.2) is 0 Å². The number of anilines is 2.